The van der Waals surface area contributed by atoms with Crippen molar-refractivity contribution in [2.75, 3.05) is 6.54 Å². The Kier molecular flexibility index (Phi) is 5.44. The Morgan fingerprint density at radius 1 is 1.42 bits per heavy atom. The number of hydrogen-bond acceptors (Lipinski definition) is 4. The van der Waals surface area contributed by atoms with Crippen molar-refractivity contribution in [2.24, 2.45) is 5.92 Å². The van der Waals surface area contributed by atoms with Crippen molar-refractivity contribution in [1.82, 2.24) is 5.32 Å². The van der Waals surface area contributed by atoms with Crippen LogP contribution in [-0.4, -0.2) is 28.6 Å². The zero-order valence-corrected chi connectivity index (χ0v) is 11.0. The van der Waals surface area contributed by atoms with Crippen LogP contribution < -0.4 is 5.32 Å². The summed E-state index contributed by atoms with van der Waals surface area (Å²) in [5, 5.41) is 22.8. The lowest BCUT2D eigenvalue weighted by molar-refractivity contribution is -0.384. The van der Waals surface area contributed by atoms with Crippen molar-refractivity contribution in [3.05, 3.63) is 39.9 Å². The molecule has 1 rings (SSSR count). The van der Waals surface area contributed by atoms with Gasteiger partial charge in [-0.3, -0.25) is 14.9 Å². The number of nitro benzene ring substituents is 1. The second-order valence-corrected chi connectivity index (χ2v) is 4.47. The Balaban J connectivity index is 2.56. The minimum absolute atomic E-state index is 0.0591. The molecule has 0 heterocycles. The van der Waals surface area contributed by atoms with E-state index in [1.807, 2.05) is 13.8 Å². The van der Waals surface area contributed by atoms with Crippen LogP contribution in [0.1, 0.15) is 30.6 Å². The standard InChI is InChI=1S/C13H18N2O4/c1-3-9(2)12(16)8-14-13(17)10-4-6-11(7-5-10)15(18)19/h4-7,9,12,16H,3,8H2,1-2H3,(H,14,17). The molecule has 1 amide bonds. The van der Waals surface area contributed by atoms with Crippen LogP contribution in [0.2, 0.25) is 0 Å². The third kappa shape index (κ3) is 4.33. The van der Waals surface area contributed by atoms with Crippen LogP contribution in [0.15, 0.2) is 24.3 Å². The van der Waals surface area contributed by atoms with Crippen LogP contribution >= 0.6 is 0 Å². The third-order valence-corrected chi connectivity index (χ3v) is 3.11. The molecule has 0 aliphatic carbocycles. The van der Waals surface area contributed by atoms with Crippen LogP contribution in [0.4, 0.5) is 5.69 Å². The molecule has 0 aliphatic heterocycles. The van der Waals surface area contributed by atoms with E-state index in [9.17, 15) is 20.0 Å². The van der Waals surface area contributed by atoms with Crippen LogP contribution in [0.5, 0.6) is 0 Å². The van der Waals surface area contributed by atoms with Gasteiger partial charge < -0.3 is 10.4 Å². The summed E-state index contributed by atoms with van der Waals surface area (Å²) in [7, 11) is 0. The van der Waals surface area contributed by atoms with Crippen molar-refractivity contribution in [2.45, 2.75) is 26.4 Å². The predicted octanol–water partition coefficient (Wildman–Crippen LogP) is 1.73. The number of amides is 1. The molecule has 1 aromatic carbocycles. The lowest BCUT2D eigenvalue weighted by atomic mass is 10.0. The molecule has 2 unspecified atom stereocenters. The number of aliphatic hydroxyl groups is 1. The van der Waals surface area contributed by atoms with Gasteiger partial charge in [-0.1, -0.05) is 20.3 Å². The number of rotatable bonds is 6. The fourth-order valence-electron chi connectivity index (χ4n) is 1.51. The highest BCUT2D eigenvalue weighted by molar-refractivity contribution is 5.94. The van der Waals surface area contributed by atoms with Crippen molar-refractivity contribution in [3.63, 3.8) is 0 Å². The molecule has 6 heteroatoms. The van der Waals surface area contributed by atoms with E-state index in [2.05, 4.69) is 5.32 Å². The maximum atomic E-state index is 11.7. The zero-order valence-electron chi connectivity index (χ0n) is 11.0. The zero-order chi connectivity index (χ0) is 14.4. The number of carbonyl (C=O) groups excluding carboxylic acids is 1. The number of nitrogens with one attached hydrogen (secondary N) is 1. The first-order valence-electron chi connectivity index (χ1n) is 6.16. The molecule has 0 saturated carbocycles. The van der Waals surface area contributed by atoms with Gasteiger partial charge in [0.15, 0.2) is 0 Å². The molecule has 104 valence electrons. The Hall–Kier alpha value is -1.95. The Morgan fingerprint density at radius 3 is 2.47 bits per heavy atom. The molecule has 2 N–H and O–H groups in total. The van der Waals surface area contributed by atoms with Gasteiger partial charge >= 0.3 is 0 Å². The average molecular weight is 266 g/mol. The fraction of sp³-hybridized carbons (Fsp3) is 0.462. The topological polar surface area (TPSA) is 92.5 Å². The minimum Gasteiger partial charge on any atom is -0.391 e. The first-order chi connectivity index (χ1) is 8.95. The molecule has 0 saturated heterocycles. The second kappa shape index (κ2) is 6.84. The first kappa shape index (κ1) is 15.1. The number of carbonyl (C=O) groups is 1. The molecule has 0 fully saturated rings. The summed E-state index contributed by atoms with van der Waals surface area (Å²) in [5.41, 5.74) is 0.276. The Morgan fingerprint density at radius 2 is 2.00 bits per heavy atom. The highest BCUT2D eigenvalue weighted by Crippen LogP contribution is 2.12. The van der Waals surface area contributed by atoms with Crippen LogP contribution in [-0.2, 0) is 0 Å². The van der Waals surface area contributed by atoms with Gasteiger partial charge in [0.1, 0.15) is 0 Å². The van der Waals surface area contributed by atoms with Gasteiger partial charge in [0.05, 0.1) is 11.0 Å². The molecular formula is C13H18N2O4. The van der Waals surface area contributed by atoms with E-state index in [1.54, 1.807) is 0 Å². The summed E-state index contributed by atoms with van der Waals surface area (Å²) in [6.45, 7) is 4.04. The highest BCUT2D eigenvalue weighted by atomic mass is 16.6. The van der Waals surface area contributed by atoms with E-state index in [-0.39, 0.29) is 24.1 Å². The van der Waals surface area contributed by atoms with E-state index >= 15 is 0 Å². The molecule has 0 aromatic heterocycles. The smallest absolute Gasteiger partial charge is 0.269 e. The number of benzene rings is 1. The molecule has 19 heavy (non-hydrogen) atoms. The Labute approximate surface area is 111 Å². The van der Waals surface area contributed by atoms with Crippen LogP contribution in [0.25, 0.3) is 0 Å². The van der Waals surface area contributed by atoms with Crippen LogP contribution in [0, 0.1) is 16.0 Å². The highest BCUT2D eigenvalue weighted by Gasteiger charge is 2.14. The summed E-state index contributed by atoms with van der Waals surface area (Å²) in [4.78, 5) is 21.7. The molecule has 0 aliphatic rings. The normalized spacial score (nSPS) is 13.6. The van der Waals surface area contributed by atoms with Crippen LogP contribution in [0.3, 0.4) is 0 Å². The minimum atomic E-state index is -0.591. The average Bonchev–Trinajstić information content (AvgIpc) is 2.43. The van der Waals surface area contributed by atoms with E-state index in [4.69, 9.17) is 0 Å². The monoisotopic (exact) mass is 266 g/mol. The number of nitrogens with zero attached hydrogens (tertiary/aromatic N) is 1. The Bertz CT molecular complexity index is 444. The second-order valence-electron chi connectivity index (χ2n) is 4.47. The van der Waals surface area contributed by atoms with Gasteiger partial charge in [-0.25, -0.2) is 0 Å². The number of hydrogen-bond donors (Lipinski definition) is 2. The van der Waals surface area contributed by atoms with Crippen molar-refractivity contribution < 1.29 is 14.8 Å². The molecule has 2 atom stereocenters. The van der Waals surface area contributed by atoms with Crippen molar-refractivity contribution in [3.8, 4) is 0 Å². The van der Waals surface area contributed by atoms with E-state index < -0.39 is 11.0 Å². The number of nitro groups is 1. The van der Waals surface area contributed by atoms with Gasteiger partial charge in [0.2, 0.25) is 0 Å². The molecule has 6 nitrogen and oxygen atoms in total. The quantitative estimate of drug-likeness (QED) is 0.605. The lowest BCUT2D eigenvalue weighted by Crippen LogP contribution is -2.35. The summed E-state index contributed by atoms with van der Waals surface area (Å²) < 4.78 is 0. The SMILES string of the molecule is CCC(C)C(O)CNC(=O)c1ccc([N+](=O)[O-])cc1. The predicted molar refractivity (Wildman–Crippen MR) is 70.9 cm³/mol. The summed E-state index contributed by atoms with van der Waals surface area (Å²) in [6, 6.07) is 5.34. The maximum absolute atomic E-state index is 11.7. The number of non-ortho nitro benzene ring substituents is 1. The maximum Gasteiger partial charge on any atom is 0.269 e. The van der Waals surface area contributed by atoms with E-state index in [1.165, 1.54) is 24.3 Å². The van der Waals surface area contributed by atoms with Crippen molar-refractivity contribution in [1.29, 1.82) is 0 Å². The van der Waals surface area contributed by atoms with Gasteiger partial charge in [-0.15, -0.1) is 0 Å². The fourth-order valence-corrected chi connectivity index (χ4v) is 1.51. The number of aliphatic hydroxyl groups excluding tert-OH is 1. The van der Waals surface area contributed by atoms with Gasteiger partial charge in [-0.2, -0.15) is 0 Å². The van der Waals surface area contributed by atoms with Gasteiger partial charge in [0.25, 0.3) is 11.6 Å². The van der Waals surface area contributed by atoms with Gasteiger partial charge in [-0.05, 0) is 18.1 Å². The first-order valence-corrected chi connectivity index (χ1v) is 6.16. The van der Waals surface area contributed by atoms with Gasteiger partial charge in [0, 0.05) is 24.2 Å². The third-order valence-electron chi connectivity index (χ3n) is 3.11. The molecule has 1 aromatic rings. The molecule has 0 bridgehead atoms. The summed E-state index contributed by atoms with van der Waals surface area (Å²) in [6.07, 6.45) is 0.237. The molecular weight excluding hydrogens is 248 g/mol. The molecule has 0 radical (unpaired) electrons. The largest absolute Gasteiger partial charge is 0.391 e. The van der Waals surface area contributed by atoms with Crippen molar-refractivity contribution >= 4 is 11.6 Å². The summed E-state index contributed by atoms with van der Waals surface area (Å²) in [5.74, 6) is -0.241. The summed E-state index contributed by atoms with van der Waals surface area (Å²) >= 11 is 0. The van der Waals surface area contributed by atoms with E-state index in [0.29, 0.717) is 5.56 Å². The molecule has 0 spiro atoms. The van der Waals surface area contributed by atoms with E-state index in [0.717, 1.165) is 6.42 Å². The lowest BCUT2D eigenvalue weighted by Gasteiger charge is -2.17.